The molecule has 0 saturated carbocycles. The number of benzene rings is 1. The number of carbonyl (C=O) groups is 1. The number of halogens is 4. The summed E-state index contributed by atoms with van der Waals surface area (Å²) in [5.74, 6) is -2.44. The van der Waals surface area contributed by atoms with Crippen molar-refractivity contribution in [3.63, 3.8) is 0 Å². The largest absolute Gasteiger partial charge is 0.573 e. The van der Waals surface area contributed by atoms with E-state index in [0.29, 0.717) is 25.9 Å². The predicted octanol–water partition coefficient (Wildman–Crippen LogP) is 3.72. The number of piperidine rings is 1. The van der Waals surface area contributed by atoms with Crippen LogP contribution in [0.3, 0.4) is 0 Å². The molecule has 10 heteroatoms. The summed E-state index contributed by atoms with van der Waals surface area (Å²) in [5, 5.41) is 0. The van der Waals surface area contributed by atoms with Crippen molar-refractivity contribution in [1.29, 1.82) is 0 Å². The standard InChI is InChI=1S/C19H25F4NO4S/c1-18(2,3)29(26,27)12-13-6-8-24(9-7-13)17(25)11-14-4-5-15(20)16(10-14)28-19(21,22)23/h4-5,10,13H,6-9,11-12H2,1-3H3. The van der Waals surface area contributed by atoms with Crippen molar-refractivity contribution in [2.45, 2.75) is 51.1 Å². The molecule has 5 nitrogen and oxygen atoms in total. The van der Waals surface area contributed by atoms with E-state index in [1.165, 1.54) is 6.07 Å². The van der Waals surface area contributed by atoms with Crippen molar-refractivity contribution >= 4 is 15.7 Å². The van der Waals surface area contributed by atoms with Gasteiger partial charge in [-0.25, -0.2) is 12.8 Å². The molecule has 0 aromatic heterocycles. The zero-order valence-corrected chi connectivity index (χ0v) is 17.4. The molecule has 1 aromatic rings. The minimum absolute atomic E-state index is 0.0408. The van der Waals surface area contributed by atoms with E-state index in [2.05, 4.69) is 4.74 Å². The summed E-state index contributed by atoms with van der Waals surface area (Å²) in [5.41, 5.74) is 0.202. The van der Waals surface area contributed by atoms with E-state index >= 15 is 0 Å². The van der Waals surface area contributed by atoms with Gasteiger partial charge in [-0.15, -0.1) is 13.2 Å². The second-order valence-corrected chi connectivity index (χ2v) is 11.0. The number of carbonyl (C=O) groups excluding carboxylic acids is 1. The fourth-order valence-corrected chi connectivity index (χ4v) is 4.51. The highest BCUT2D eigenvalue weighted by atomic mass is 32.2. The Morgan fingerprint density at radius 2 is 1.76 bits per heavy atom. The molecular weight excluding hydrogens is 414 g/mol. The number of alkyl halides is 3. The van der Waals surface area contributed by atoms with E-state index in [1.54, 1.807) is 25.7 Å². The van der Waals surface area contributed by atoms with Crippen LogP contribution < -0.4 is 4.74 Å². The molecule has 1 aliphatic heterocycles. The molecule has 0 aliphatic carbocycles. The van der Waals surface area contributed by atoms with Gasteiger partial charge in [-0.3, -0.25) is 4.79 Å². The average Bonchev–Trinajstić information content (AvgIpc) is 2.56. The molecule has 164 valence electrons. The minimum atomic E-state index is -5.03. The van der Waals surface area contributed by atoms with Gasteiger partial charge in [0.1, 0.15) is 0 Å². The quantitative estimate of drug-likeness (QED) is 0.656. The monoisotopic (exact) mass is 439 g/mol. The lowest BCUT2D eigenvalue weighted by Crippen LogP contribution is -2.42. The van der Waals surface area contributed by atoms with Crippen LogP contribution in [0.25, 0.3) is 0 Å². The first-order valence-electron chi connectivity index (χ1n) is 9.22. The van der Waals surface area contributed by atoms with Crippen LogP contribution in [-0.4, -0.2) is 49.2 Å². The summed E-state index contributed by atoms with van der Waals surface area (Å²) in [6.07, 6.45) is -4.15. The van der Waals surface area contributed by atoms with E-state index in [1.807, 2.05) is 0 Å². The fraction of sp³-hybridized carbons (Fsp3) is 0.632. The van der Waals surface area contributed by atoms with E-state index < -0.39 is 32.5 Å². The zero-order valence-electron chi connectivity index (χ0n) is 16.6. The first-order valence-corrected chi connectivity index (χ1v) is 10.9. The molecule has 0 N–H and O–H groups in total. The van der Waals surface area contributed by atoms with Gasteiger partial charge in [0.2, 0.25) is 5.91 Å². The first-order chi connectivity index (χ1) is 13.2. The molecule has 29 heavy (non-hydrogen) atoms. The maximum absolute atomic E-state index is 13.5. The van der Waals surface area contributed by atoms with E-state index in [0.717, 1.165) is 12.1 Å². The van der Waals surface area contributed by atoms with E-state index in [4.69, 9.17) is 0 Å². The van der Waals surface area contributed by atoms with Crippen LogP contribution in [0.15, 0.2) is 18.2 Å². The number of sulfone groups is 1. The van der Waals surface area contributed by atoms with Crippen LogP contribution in [0, 0.1) is 11.7 Å². The topological polar surface area (TPSA) is 63.7 Å². The normalized spacial score (nSPS) is 16.7. The van der Waals surface area contributed by atoms with Gasteiger partial charge in [-0.2, -0.15) is 0 Å². The number of rotatable bonds is 5. The third-order valence-electron chi connectivity index (χ3n) is 4.93. The molecule has 0 atom stereocenters. The molecule has 0 bridgehead atoms. The average molecular weight is 439 g/mol. The summed E-state index contributed by atoms with van der Waals surface area (Å²) in [4.78, 5) is 14.0. The molecule has 1 amide bonds. The number of likely N-dealkylation sites (tertiary alicyclic amines) is 1. The van der Waals surface area contributed by atoms with Gasteiger partial charge >= 0.3 is 6.36 Å². The van der Waals surface area contributed by atoms with Gasteiger partial charge in [0.15, 0.2) is 21.4 Å². The van der Waals surface area contributed by atoms with Crippen LogP contribution in [-0.2, 0) is 21.1 Å². The first kappa shape index (κ1) is 23.4. The lowest BCUT2D eigenvalue weighted by molar-refractivity contribution is -0.275. The van der Waals surface area contributed by atoms with E-state index in [9.17, 15) is 30.8 Å². The minimum Gasteiger partial charge on any atom is -0.403 e. The summed E-state index contributed by atoms with van der Waals surface area (Å²) >= 11 is 0. The summed E-state index contributed by atoms with van der Waals surface area (Å²) < 4.78 is 77.9. The maximum atomic E-state index is 13.5. The van der Waals surface area contributed by atoms with Crippen LogP contribution in [0.2, 0.25) is 0 Å². The number of ether oxygens (including phenoxy) is 1. The Labute approximate surface area is 167 Å². The molecule has 0 unspecified atom stereocenters. The molecular formula is C19H25F4NO4S. The molecule has 1 heterocycles. The molecule has 0 spiro atoms. The van der Waals surface area contributed by atoms with Gasteiger partial charge < -0.3 is 9.64 Å². The van der Waals surface area contributed by atoms with Gasteiger partial charge in [0, 0.05) is 13.1 Å². The third kappa shape index (κ3) is 6.58. The second kappa shape index (κ2) is 8.49. The van der Waals surface area contributed by atoms with Crippen molar-refractivity contribution in [3.05, 3.63) is 29.6 Å². The van der Waals surface area contributed by atoms with E-state index in [-0.39, 0.29) is 29.6 Å². The number of hydrogen-bond acceptors (Lipinski definition) is 4. The Kier molecular flexibility index (Phi) is 6.86. The molecule has 0 radical (unpaired) electrons. The summed E-state index contributed by atoms with van der Waals surface area (Å²) in [7, 11) is -3.25. The zero-order chi connectivity index (χ0) is 22.0. The van der Waals surface area contributed by atoms with Gasteiger partial charge in [0.25, 0.3) is 0 Å². The number of nitrogens with zero attached hydrogens (tertiary/aromatic N) is 1. The molecule has 1 aromatic carbocycles. The summed E-state index contributed by atoms with van der Waals surface area (Å²) in [6, 6.07) is 2.93. The van der Waals surface area contributed by atoms with Crippen molar-refractivity contribution < 1.29 is 35.5 Å². The lowest BCUT2D eigenvalue weighted by atomic mass is 9.98. The Morgan fingerprint density at radius 3 is 2.28 bits per heavy atom. The van der Waals surface area contributed by atoms with Crippen molar-refractivity contribution in [2.75, 3.05) is 18.8 Å². The van der Waals surface area contributed by atoms with Crippen molar-refractivity contribution in [1.82, 2.24) is 4.90 Å². The van der Waals surface area contributed by atoms with Crippen molar-refractivity contribution in [3.8, 4) is 5.75 Å². The Hall–Kier alpha value is -1.84. The highest BCUT2D eigenvalue weighted by molar-refractivity contribution is 7.92. The Bertz CT molecular complexity index is 839. The van der Waals surface area contributed by atoms with Gasteiger partial charge in [0.05, 0.1) is 16.9 Å². The predicted molar refractivity (Wildman–Crippen MR) is 99.6 cm³/mol. The van der Waals surface area contributed by atoms with Crippen LogP contribution in [0.5, 0.6) is 5.75 Å². The second-order valence-electron chi connectivity index (χ2n) is 8.21. The van der Waals surface area contributed by atoms with Crippen LogP contribution >= 0.6 is 0 Å². The molecule has 1 aliphatic rings. The van der Waals surface area contributed by atoms with Gasteiger partial charge in [-0.1, -0.05) is 6.07 Å². The van der Waals surface area contributed by atoms with Gasteiger partial charge in [-0.05, 0) is 57.2 Å². The maximum Gasteiger partial charge on any atom is 0.573 e. The van der Waals surface area contributed by atoms with Crippen molar-refractivity contribution in [2.24, 2.45) is 5.92 Å². The highest BCUT2D eigenvalue weighted by Crippen LogP contribution is 2.28. The van der Waals surface area contributed by atoms with Crippen LogP contribution in [0.4, 0.5) is 17.6 Å². The SMILES string of the molecule is CC(C)(C)S(=O)(=O)CC1CCN(C(=O)Cc2ccc(F)c(OC(F)(F)F)c2)CC1. The molecule has 2 rings (SSSR count). The number of amides is 1. The molecule has 1 fully saturated rings. The third-order valence-corrected chi connectivity index (χ3v) is 7.71. The Balaban J connectivity index is 1.94. The van der Waals surface area contributed by atoms with Crippen LogP contribution in [0.1, 0.15) is 39.2 Å². The Morgan fingerprint density at radius 1 is 1.17 bits per heavy atom. The highest BCUT2D eigenvalue weighted by Gasteiger charge is 2.34. The molecule has 1 saturated heterocycles. The summed E-state index contributed by atoms with van der Waals surface area (Å²) in [6.45, 7) is 5.70. The number of hydrogen-bond donors (Lipinski definition) is 0. The lowest BCUT2D eigenvalue weighted by Gasteiger charge is -2.33. The smallest absolute Gasteiger partial charge is 0.403 e. The fourth-order valence-electron chi connectivity index (χ4n) is 3.06.